The van der Waals surface area contributed by atoms with Crippen molar-refractivity contribution in [2.45, 2.75) is 39.2 Å². The Kier molecular flexibility index (Phi) is 5.28. The van der Waals surface area contributed by atoms with Gasteiger partial charge in [-0.25, -0.2) is 4.98 Å². The summed E-state index contributed by atoms with van der Waals surface area (Å²) < 4.78 is 7.10. The fourth-order valence-corrected chi connectivity index (χ4v) is 3.84. The SMILES string of the molecule is COc1cc(Cl)c(C)cc1NC(=O)c1ccc2c(=O)n3c(nc2c1)CCCCC3. The Hall–Kier alpha value is -2.86. The summed E-state index contributed by atoms with van der Waals surface area (Å²) in [6, 6.07) is 8.45. The molecule has 1 aromatic heterocycles. The number of aromatic nitrogens is 2. The minimum Gasteiger partial charge on any atom is -0.495 e. The first kappa shape index (κ1) is 19.5. The molecule has 1 N–H and O–H groups in total. The zero-order valence-electron chi connectivity index (χ0n) is 16.4. The van der Waals surface area contributed by atoms with Crippen molar-refractivity contribution in [3.63, 3.8) is 0 Å². The van der Waals surface area contributed by atoms with E-state index in [1.54, 1.807) is 34.9 Å². The maximum absolute atomic E-state index is 12.8. The van der Waals surface area contributed by atoms with Crippen LogP contribution in [0.5, 0.6) is 5.75 Å². The molecule has 1 aliphatic heterocycles. The van der Waals surface area contributed by atoms with Gasteiger partial charge in [0.05, 0.1) is 23.7 Å². The number of fused-ring (bicyclic) bond motifs is 2. The molecule has 4 rings (SSSR count). The Morgan fingerprint density at radius 3 is 2.83 bits per heavy atom. The van der Waals surface area contributed by atoms with Gasteiger partial charge in [-0.15, -0.1) is 0 Å². The van der Waals surface area contributed by atoms with E-state index in [-0.39, 0.29) is 11.5 Å². The third-order valence-electron chi connectivity index (χ3n) is 5.31. The Morgan fingerprint density at radius 2 is 2.03 bits per heavy atom. The Labute approximate surface area is 173 Å². The third kappa shape index (κ3) is 3.72. The van der Waals surface area contributed by atoms with Crippen molar-refractivity contribution in [1.82, 2.24) is 9.55 Å². The standard InChI is InChI=1S/C22H22ClN3O3/c1-13-10-18(19(29-2)12-16(13)23)25-21(27)14-7-8-15-17(11-14)24-20-6-4-3-5-9-26(20)22(15)28/h7-8,10-12H,3-6,9H2,1-2H3,(H,25,27). The van der Waals surface area contributed by atoms with Crippen LogP contribution < -0.4 is 15.6 Å². The van der Waals surface area contributed by atoms with Gasteiger partial charge in [0.15, 0.2) is 0 Å². The number of hydrogen-bond donors (Lipinski definition) is 1. The molecular weight excluding hydrogens is 390 g/mol. The lowest BCUT2D eigenvalue weighted by atomic mass is 10.1. The zero-order valence-corrected chi connectivity index (χ0v) is 17.2. The molecule has 0 spiro atoms. The van der Waals surface area contributed by atoms with Crippen LogP contribution in [-0.4, -0.2) is 22.6 Å². The zero-order chi connectivity index (χ0) is 20.5. The predicted octanol–water partition coefficient (Wildman–Crippen LogP) is 4.35. The second-order valence-corrected chi connectivity index (χ2v) is 7.69. The van der Waals surface area contributed by atoms with Gasteiger partial charge in [-0.2, -0.15) is 0 Å². The summed E-state index contributed by atoms with van der Waals surface area (Å²) in [5.74, 6) is 0.979. The van der Waals surface area contributed by atoms with E-state index in [0.717, 1.165) is 37.1 Å². The number of nitrogens with one attached hydrogen (secondary N) is 1. The van der Waals surface area contributed by atoms with Gasteiger partial charge in [0.2, 0.25) is 0 Å². The van der Waals surface area contributed by atoms with Gasteiger partial charge in [-0.1, -0.05) is 18.0 Å². The molecule has 0 radical (unpaired) electrons. The van der Waals surface area contributed by atoms with Gasteiger partial charge in [0.25, 0.3) is 11.5 Å². The van der Waals surface area contributed by atoms with E-state index in [4.69, 9.17) is 16.3 Å². The number of carbonyl (C=O) groups excluding carboxylic acids is 1. The smallest absolute Gasteiger partial charge is 0.261 e. The van der Waals surface area contributed by atoms with Crippen molar-refractivity contribution in [3.8, 4) is 5.75 Å². The number of methoxy groups -OCH3 is 1. The highest BCUT2D eigenvalue weighted by Crippen LogP contribution is 2.31. The third-order valence-corrected chi connectivity index (χ3v) is 5.71. The summed E-state index contributed by atoms with van der Waals surface area (Å²) in [7, 11) is 1.52. The van der Waals surface area contributed by atoms with Crippen molar-refractivity contribution < 1.29 is 9.53 Å². The number of ether oxygens (including phenoxy) is 1. The Bertz CT molecular complexity index is 1170. The molecule has 0 aliphatic carbocycles. The number of halogens is 1. The Balaban J connectivity index is 1.70. The number of anilines is 1. The van der Waals surface area contributed by atoms with Crippen molar-refractivity contribution in [1.29, 1.82) is 0 Å². The molecule has 3 aromatic rings. The summed E-state index contributed by atoms with van der Waals surface area (Å²) in [4.78, 5) is 30.4. The monoisotopic (exact) mass is 411 g/mol. The van der Waals surface area contributed by atoms with Gasteiger partial charge in [-0.3, -0.25) is 14.2 Å². The largest absolute Gasteiger partial charge is 0.495 e. The van der Waals surface area contributed by atoms with Gasteiger partial charge in [0, 0.05) is 29.6 Å². The van der Waals surface area contributed by atoms with E-state index in [1.807, 2.05) is 6.92 Å². The van der Waals surface area contributed by atoms with Crippen molar-refractivity contribution in [2.24, 2.45) is 0 Å². The molecule has 0 fully saturated rings. The van der Waals surface area contributed by atoms with Crippen LogP contribution in [0.4, 0.5) is 5.69 Å². The number of benzene rings is 2. The van der Waals surface area contributed by atoms with E-state index >= 15 is 0 Å². The van der Waals surface area contributed by atoms with E-state index in [0.29, 0.717) is 39.5 Å². The predicted molar refractivity (Wildman–Crippen MR) is 114 cm³/mol. The average molecular weight is 412 g/mol. The quantitative estimate of drug-likeness (QED) is 0.695. The first-order valence-corrected chi connectivity index (χ1v) is 10.0. The molecule has 7 heteroatoms. The van der Waals surface area contributed by atoms with Crippen molar-refractivity contribution in [2.75, 3.05) is 12.4 Å². The molecular formula is C22H22ClN3O3. The number of amides is 1. The van der Waals surface area contributed by atoms with E-state index in [1.165, 1.54) is 7.11 Å². The molecule has 0 bridgehead atoms. The second kappa shape index (κ2) is 7.87. The van der Waals surface area contributed by atoms with Crippen LogP contribution in [0.2, 0.25) is 5.02 Å². The molecule has 6 nitrogen and oxygen atoms in total. The molecule has 29 heavy (non-hydrogen) atoms. The number of nitrogens with zero attached hydrogens (tertiary/aromatic N) is 2. The second-order valence-electron chi connectivity index (χ2n) is 7.28. The minimum absolute atomic E-state index is 0.0335. The topological polar surface area (TPSA) is 73.2 Å². The molecule has 0 unspecified atom stereocenters. The molecule has 0 saturated heterocycles. The van der Waals surface area contributed by atoms with Crippen LogP contribution in [0.15, 0.2) is 35.1 Å². The number of carbonyl (C=O) groups is 1. The number of rotatable bonds is 3. The maximum Gasteiger partial charge on any atom is 0.261 e. The summed E-state index contributed by atoms with van der Waals surface area (Å²) in [6.45, 7) is 2.56. The summed E-state index contributed by atoms with van der Waals surface area (Å²) in [5.41, 5.74) is 2.31. The van der Waals surface area contributed by atoms with Crippen LogP contribution in [0, 0.1) is 6.92 Å². The number of hydrogen-bond acceptors (Lipinski definition) is 4. The molecule has 1 amide bonds. The first-order valence-electron chi connectivity index (χ1n) is 9.67. The highest BCUT2D eigenvalue weighted by atomic mass is 35.5. The summed E-state index contributed by atoms with van der Waals surface area (Å²) in [5, 5.41) is 3.96. The minimum atomic E-state index is -0.302. The van der Waals surface area contributed by atoms with Crippen molar-refractivity contribution in [3.05, 3.63) is 62.7 Å². The highest BCUT2D eigenvalue weighted by molar-refractivity contribution is 6.31. The van der Waals surface area contributed by atoms with E-state index in [2.05, 4.69) is 10.3 Å². The van der Waals surface area contributed by atoms with Gasteiger partial charge in [-0.05, 0) is 49.6 Å². The van der Waals surface area contributed by atoms with E-state index in [9.17, 15) is 9.59 Å². The van der Waals surface area contributed by atoms with Crippen LogP contribution in [0.1, 0.15) is 41.0 Å². The van der Waals surface area contributed by atoms with Gasteiger partial charge < -0.3 is 10.1 Å². The lowest BCUT2D eigenvalue weighted by Crippen LogP contribution is -2.24. The van der Waals surface area contributed by atoms with Crippen LogP contribution in [-0.2, 0) is 13.0 Å². The normalized spacial score (nSPS) is 13.6. The summed E-state index contributed by atoms with van der Waals surface area (Å²) >= 11 is 6.14. The molecule has 2 heterocycles. The first-order chi connectivity index (χ1) is 14.0. The van der Waals surface area contributed by atoms with Crippen LogP contribution >= 0.6 is 11.6 Å². The van der Waals surface area contributed by atoms with Gasteiger partial charge >= 0.3 is 0 Å². The van der Waals surface area contributed by atoms with Gasteiger partial charge in [0.1, 0.15) is 11.6 Å². The lowest BCUT2D eigenvalue weighted by Gasteiger charge is -2.13. The Morgan fingerprint density at radius 1 is 1.21 bits per heavy atom. The average Bonchev–Trinajstić information content (AvgIpc) is 2.96. The molecule has 0 atom stereocenters. The fourth-order valence-electron chi connectivity index (χ4n) is 3.68. The van der Waals surface area contributed by atoms with Crippen LogP contribution in [0.3, 0.4) is 0 Å². The highest BCUT2D eigenvalue weighted by Gasteiger charge is 2.16. The molecule has 0 saturated carbocycles. The fraction of sp³-hybridized carbons (Fsp3) is 0.318. The summed E-state index contributed by atoms with van der Waals surface area (Å²) in [6.07, 6.45) is 3.88. The maximum atomic E-state index is 12.8. The van der Waals surface area contributed by atoms with Crippen LogP contribution in [0.25, 0.3) is 10.9 Å². The number of aryl methyl sites for hydroxylation is 2. The van der Waals surface area contributed by atoms with Crippen molar-refractivity contribution >= 4 is 34.1 Å². The lowest BCUT2D eigenvalue weighted by molar-refractivity contribution is 0.102. The molecule has 150 valence electrons. The molecule has 2 aromatic carbocycles. The molecule has 1 aliphatic rings. The van der Waals surface area contributed by atoms with E-state index < -0.39 is 0 Å².